The van der Waals surface area contributed by atoms with Crippen LogP contribution in [0.25, 0.3) is 11.0 Å². The minimum absolute atomic E-state index is 0.0666. The van der Waals surface area contributed by atoms with Gasteiger partial charge in [-0.05, 0) is 39.8 Å². The fourth-order valence-corrected chi connectivity index (χ4v) is 2.08. The van der Waals surface area contributed by atoms with Gasteiger partial charge in [-0.2, -0.15) is 0 Å². The van der Waals surface area contributed by atoms with Gasteiger partial charge in [0.1, 0.15) is 5.60 Å². The molecule has 0 atom stereocenters. The maximum Gasteiger partial charge on any atom is 0.419 e. The zero-order chi connectivity index (χ0) is 16.3. The molecule has 0 saturated carbocycles. The summed E-state index contributed by atoms with van der Waals surface area (Å²) in [5, 5.41) is 0. The van der Waals surface area contributed by atoms with Crippen molar-refractivity contribution in [3.63, 3.8) is 0 Å². The Morgan fingerprint density at radius 2 is 2.05 bits per heavy atom. The predicted octanol–water partition coefficient (Wildman–Crippen LogP) is 2.93. The zero-order valence-corrected chi connectivity index (χ0v) is 13.3. The van der Waals surface area contributed by atoms with E-state index < -0.39 is 11.7 Å². The zero-order valence-electron chi connectivity index (χ0n) is 13.3. The number of esters is 1. The summed E-state index contributed by atoms with van der Waals surface area (Å²) >= 11 is 0. The van der Waals surface area contributed by atoms with Crippen LogP contribution in [-0.4, -0.2) is 33.8 Å². The van der Waals surface area contributed by atoms with Gasteiger partial charge in [-0.3, -0.25) is 14.3 Å². The molecule has 0 bridgehead atoms. The highest BCUT2D eigenvalue weighted by Gasteiger charge is 2.22. The number of pyridine rings is 1. The average molecular weight is 304 g/mol. The summed E-state index contributed by atoms with van der Waals surface area (Å²) in [6.45, 7) is 7.47. The lowest BCUT2D eigenvalue weighted by atomic mass is 10.2. The Hall–Kier alpha value is -2.37. The molecule has 0 fully saturated rings. The van der Waals surface area contributed by atoms with E-state index in [0.29, 0.717) is 23.2 Å². The van der Waals surface area contributed by atoms with Crippen LogP contribution in [0.2, 0.25) is 0 Å². The second-order valence-electron chi connectivity index (χ2n) is 5.86. The van der Waals surface area contributed by atoms with Gasteiger partial charge in [-0.25, -0.2) is 4.79 Å². The fraction of sp³-hybridized carbons (Fsp3) is 0.438. The van der Waals surface area contributed by atoms with E-state index in [2.05, 4.69) is 4.98 Å². The minimum atomic E-state index is -0.600. The molecular formula is C16H20N2O4. The van der Waals surface area contributed by atoms with Gasteiger partial charge < -0.3 is 9.47 Å². The molecule has 2 heterocycles. The maximum absolute atomic E-state index is 12.3. The molecule has 0 aromatic carbocycles. The lowest BCUT2D eigenvalue weighted by Crippen LogP contribution is -2.26. The van der Waals surface area contributed by atoms with E-state index in [9.17, 15) is 9.59 Å². The first kappa shape index (κ1) is 16.0. The largest absolute Gasteiger partial charge is 0.466 e. The topological polar surface area (TPSA) is 70.4 Å². The Balaban J connectivity index is 2.39. The lowest BCUT2D eigenvalue weighted by Gasteiger charge is -2.19. The Bertz CT molecular complexity index is 698. The van der Waals surface area contributed by atoms with Crippen molar-refractivity contribution in [2.24, 2.45) is 0 Å². The number of carbonyl (C=O) groups excluding carboxylic acids is 2. The third kappa shape index (κ3) is 3.63. The highest BCUT2D eigenvalue weighted by molar-refractivity contribution is 5.91. The molecule has 0 aliphatic heterocycles. The fourth-order valence-electron chi connectivity index (χ4n) is 2.08. The van der Waals surface area contributed by atoms with Gasteiger partial charge in [0.2, 0.25) is 0 Å². The van der Waals surface area contributed by atoms with E-state index in [1.165, 1.54) is 4.57 Å². The van der Waals surface area contributed by atoms with E-state index >= 15 is 0 Å². The van der Waals surface area contributed by atoms with Crippen molar-refractivity contribution in [2.75, 3.05) is 6.61 Å². The number of nitrogens with zero attached hydrogens (tertiary/aromatic N) is 2. The maximum atomic E-state index is 12.3. The van der Waals surface area contributed by atoms with Gasteiger partial charge in [-0.15, -0.1) is 0 Å². The summed E-state index contributed by atoms with van der Waals surface area (Å²) in [6.07, 6.45) is 2.77. The van der Waals surface area contributed by atoms with E-state index in [0.717, 1.165) is 0 Å². The van der Waals surface area contributed by atoms with Gasteiger partial charge in [0, 0.05) is 18.0 Å². The molecule has 6 heteroatoms. The summed E-state index contributed by atoms with van der Waals surface area (Å²) in [7, 11) is 0. The predicted molar refractivity (Wildman–Crippen MR) is 81.7 cm³/mol. The molecule has 118 valence electrons. The third-order valence-electron chi connectivity index (χ3n) is 2.87. The Kier molecular flexibility index (Phi) is 4.49. The summed E-state index contributed by atoms with van der Waals surface area (Å²) in [5.41, 5.74) is 1.24. The first-order valence-electron chi connectivity index (χ1n) is 7.15. The summed E-state index contributed by atoms with van der Waals surface area (Å²) in [6, 6.07) is 3.50. The first-order chi connectivity index (χ1) is 10.3. The van der Waals surface area contributed by atoms with Crippen molar-refractivity contribution < 1.29 is 19.1 Å². The first-order valence-corrected chi connectivity index (χ1v) is 7.15. The van der Waals surface area contributed by atoms with Crippen LogP contribution in [0.3, 0.4) is 0 Å². The van der Waals surface area contributed by atoms with Crippen LogP contribution in [-0.2, 0) is 20.7 Å². The van der Waals surface area contributed by atoms with Gasteiger partial charge in [0.25, 0.3) is 0 Å². The third-order valence-corrected chi connectivity index (χ3v) is 2.87. The van der Waals surface area contributed by atoms with Crippen molar-refractivity contribution in [3.8, 4) is 0 Å². The van der Waals surface area contributed by atoms with Gasteiger partial charge in [0.15, 0.2) is 0 Å². The molecular weight excluding hydrogens is 284 g/mol. The molecule has 0 aliphatic carbocycles. The lowest BCUT2D eigenvalue weighted by molar-refractivity contribution is -0.142. The molecule has 2 aromatic heterocycles. The van der Waals surface area contributed by atoms with Crippen molar-refractivity contribution >= 4 is 23.1 Å². The quantitative estimate of drug-likeness (QED) is 0.815. The molecule has 0 unspecified atom stereocenters. The van der Waals surface area contributed by atoms with Crippen LogP contribution in [0.4, 0.5) is 4.79 Å². The van der Waals surface area contributed by atoms with Crippen LogP contribution in [0.5, 0.6) is 0 Å². The Labute approximate surface area is 129 Å². The molecule has 0 radical (unpaired) electrons. The highest BCUT2D eigenvalue weighted by atomic mass is 16.6. The van der Waals surface area contributed by atoms with Crippen molar-refractivity contribution in [1.82, 2.24) is 9.55 Å². The monoisotopic (exact) mass is 304 g/mol. The summed E-state index contributed by atoms with van der Waals surface area (Å²) in [4.78, 5) is 28.2. The molecule has 22 heavy (non-hydrogen) atoms. The second-order valence-corrected chi connectivity index (χ2v) is 5.86. The summed E-state index contributed by atoms with van der Waals surface area (Å²) < 4.78 is 11.7. The minimum Gasteiger partial charge on any atom is -0.466 e. The van der Waals surface area contributed by atoms with E-state index in [1.807, 2.05) is 0 Å². The molecule has 0 aliphatic rings. The van der Waals surface area contributed by atoms with E-state index in [1.54, 1.807) is 52.2 Å². The normalized spacial score (nSPS) is 11.5. The molecule has 6 nitrogen and oxygen atoms in total. The summed E-state index contributed by atoms with van der Waals surface area (Å²) in [5.74, 6) is -0.351. The Morgan fingerprint density at radius 1 is 1.32 bits per heavy atom. The molecule has 0 N–H and O–H groups in total. The standard InChI is InChI=1S/C16H20N2O4/c1-5-21-13(19)9-11-10-18(15(20)22-16(2,3)4)12-7-6-8-17-14(11)12/h6-8,10H,5,9H2,1-4H3. The number of aromatic nitrogens is 2. The van der Waals surface area contributed by atoms with Crippen LogP contribution >= 0.6 is 0 Å². The molecule has 2 rings (SSSR count). The molecule has 0 saturated heterocycles. The number of carbonyl (C=O) groups is 2. The number of ether oxygens (including phenoxy) is 2. The number of hydrogen-bond acceptors (Lipinski definition) is 5. The van der Waals surface area contributed by atoms with Crippen LogP contribution in [0.15, 0.2) is 24.5 Å². The SMILES string of the molecule is CCOC(=O)Cc1cn(C(=O)OC(C)(C)C)c2cccnc12. The Morgan fingerprint density at radius 3 is 2.68 bits per heavy atom. The molecule has 0 spiro atoms. The number of fused-ring (bicyclic) bond motifs is 1. The van der Waals surface area contributed by atoms with E-state index in [4.69, 9.17) is 9.47 Å². The van der Waals surface area contributed by atoms with Crippen molar-refractivity contribution in [2.45, 2.75) is 39.7 Å². The van der Waals surface area contributed by atoms with E-state index in [-0.39, 0.29) is 12.4 Å². The van der Waals surface area contributed by atoms with Gasteiger partial charge in [-0.1, -0.05) is 0 Å². The highest BCUT2D eigenvalue weighted by Crippen LogP contribution is 2.21. The molecule has 0 amide bonds. The smallest absolute Gasteiger partial charge is 0.419 e. The van der Waals surface area contributed by atoms with Crippen molar-refractivity contribution in [3.05, 3.63) is 30.1 Å². The average Bonchev–Trinajstić information content (AvgIpc) is 2.76. The van der Waals surface area contributed by atoms with Crippen molar-refractivity contribution in [1.29, 1.82) is 0 Å². The number of hydrogen-bond donors (Lipinski definition) is 0. The van der Waals surface area contributed by atoms with Crippen LogP contribution in [0.1, 0.15) is 33.3 Å². The van der Waals surface area contributed by atoms with Crippen LogP contribution < -0.4 is 0 Å². The second kappa shape index (κ2) is 6.17. The van der Waals surface area contributed by atoms with Crippen LogP contribution in [0, 0.1) is 0 Å². The molecule has 2 aromatic rings. The number of rotatable bonds is 3. The van der Waals surface area contributed by atoms with Gasteiger partial charge >= 0.3 is 12.1 Å². The van der Waals surface area contributed by atoms with Gasteiger partial charge in [0.05, 0.1) is 24.1 Å².